The molecule has 114 valence electrons. The number of carbonyl (C=O) groups excluding carboxylic acids is 1. The third-order valence-electron chi connectivity index (χ3n) is 4.44. The maximum Gasteiger partial charge on any atom is 0.326 e. The fourth-order valence-electron chi connectivity index (χ4n) is 3.00. The highest BCUT2D eigenvalue weighted by Crippen LogP contribution is 2.22. The lowest BCUT2D eigenvalue weighted by molar-refractivity contribution is -0.141. The van der Waals surface area contributed by atoms with Gasteiger partial charge < -0.3 is 20.0 Å². The summed E-state index contributed by atoms with van der Waals surface area (Å²) in [5.41, 5.74) is 0. The van der Waals surface area contributed by atoms with E-state index in [-0.39, 0.29) is 31.1 Å². The number of carbonyl (C=O) groups is 2. The number of likely N-dealkylation sites (tertiary alicyclic amines) is 1. The largest absolute Gasteiger partial charge is 0.480 e. The smallest absolute Gasteiger partial charge is 0.326 e. The average Bonchev–Trinajstić information content (AvgIpc) is 2.76. The molecule has 0 saturated carbocycles. The van der Waals surface area contributed by atoms with Gasteiger partial charge in [-0.05, 0) is 20.9 Å². The number of carboxylic acid groups (broad SMARTS) is 1. The van der Waals surface area contributed by atoms with Gasteiger partial charge in [-0.15, -0.1) is 0 Å². The fourth-order valence-corrected chi connectivity index (χ4v) is 3.00. The van der Waals surface area contributed by atoms with E-state index in [0.29, 0.717) is 13.1 Å². The number of aliphatic carboxylic acids is 1. The summed E-state index contributed by atoms with van der Waals surface area (Å²) in [6.45, 7) is 5.36. The second-order valence-electron chi connectivity index (χ2n) is 5.95. The first-order chi connectivity index (χ1) is 9.31. The van der Waals surface area contributed by atoms with Crippen LogP contribution in [-0.4, -0.2) is 87.8 Å². The first kappa shape index (κ1) is 15.1. The van der Waals surface area contributed by atoms with Gasteiger partial charge in [0.25, 0.3) is 0 Å². The minimum absolute atomic E-state index is 0.102. The Morgan fingerprint density at radius 2 is 1.65 bits per heavy atom. The number of rotatable bonds is 1. The van der Waals surface area contributed by atoms with E-state index in [1.165, 1.54) is 4.90 Å². The third-order valence-corrected chi connectivity index (χ3v) is 4.44. The summed E-state index contributed by atoms with van der Waals surface area (Å²) >= 11 is 0. The van der Waals surface area contributed by atoms with Crippen molar-refractivity contribution < 1.29 is 19.8 Å². The molecule has 2 saturated heterocycles. The molecule has 0 radical (unpaired) electrons. The van der Waals surface area contributed by atoms with Gasteiger partial charge >= 0.3 is 12.0 Å². The van der Waals surface area contributed by atoms with Crippen LogP contribution in [-0.2, 0) is 4.79 Å². The highest BCUT2D eigenvalue weighted by molar-refractivity contribution is 5.83. The Morgan fingerprint density at radius 1 is 1.10 bits per heavy atom. The minimum atomic E-state index is -1.05. The number of likely N-dealkylation sites (N-methyl/N-ethyl adjacent to an activating group) is 1. The van der Waals surface area contributed by atoms with Crippen molar-refractivity contribution in [3.63, 3.8) is 0 Å². The molecule has 2 unspecified atom stereocenters. The summed E-state index contributed by atoms with van der Waals surface area (Å²) in [6, 6.07) is -0.722. The van der Waals surface area contributed by atoms with Crippen LogP contribution < -0.4 is 0 Å². The number of hydrogen-bond donors (Lipinski definition) is 2. The van der Waals surface area contributed by atoms with E-state index < -0.39 is 18.1 Å². The van der Waals surface area contributed by atoms with E-state index in [0.717, 1.165) is 0 Å². The Balaban J connectivity index is 2.09. The molecule has 0 aromatic heterocycles. The minimum Gasteiger partial charge on any atom is -0.480 e. The van der Waals surface area contributed by atoms with Crippen LogP contribution in [0.4, 0.5) is 4.79 Å². The van der Waals surface area contributed by atoms with E-state index >= 15 is 0 Å². The number of amides is 2. The van der Waals surface area contributed by atoms with Gasteiger partial charge in [-0.2, -0.15) is 0 Å². The maximum atomic E-state index is 12.5. The Labute approximate surface area is 118 Å². The Kier molecular flexibility index (Phi) is 4.19. The number of carboxylic acids is 1. The number of aliphatic hydroxyl groups is 1. The predicted molar refractivity (Wildman–Crippen MR) is 72.4 cm³/mol. The summed E-state index contributed by atoms with van der Waals surface area (Å²) in [5, 5.41) is 18.8. The summed E-state index contributed by atoms with van der Waals surface area (Å²) < 4.78 is 0. The highest BCUT2D eigenvalue weighted by atomic mass is 16.4. The molecule has 0 aromatic carbocycles. The zero-order chi connectivity index (χ0) is 15.0. The summed E-state index contributed by atoms with van der Waals surface area (Å²) in [4.78, 5) is 28.9. The van der Waals surface area contributed by atoms with Crippen LogP contribution in [0, 0.1) is 0 Å². The zero-order valence-electron chi connectivity index (χ0n) is 12.2. The lowest BCUT2D eigenvalue weighted by Gasteiger charge is -2.43. The van der Waals surface area contributed by atoms with Crippen molar-refractivity contribution >= 4 is 12.0 Å². The monoisotopic (exact) mass is 285 g/mol. The van der Waals surface area contributed by atoms with Crippen molar-refractivity contribution in [1.29, 1.82) is 0 Å². The van der Waals surface area contributed by atoms with Crippen LogP contribution in [0.25, 0.3) is 0 Å². The van der Waals surface area contributed by atoms with Crippen LogP contribution in [0.15, 0.2) is 0 Å². The second kappa shape index (κ2) is 5.57. The van der Waals surface area contributed by atoms with Crippen LogP contribution in [0.5, 0.6) is 0 Å². The molecule has 2 rings (SSSR count). The highest BCUT2D eigenvalue weighted by Gasteiger charge is 2.42. The predicted octanol–water partition coefficient (Wildman–Crippen LogP) is -0.349. The van der Waals surface area contributed by atoms with Crippen molar-refractivity contribution in [2.75, 3.05) is 26.7 Å². The molecule has 0 aliphatic carbocycles. The van der Waals surface area contributed by atoms with Gasteiger partial charge in [-0.25, -0.2) is 9.59 Å². The molecule has 2 heterocycles. The van der Waals surface area contributed by atoms with Crippen LogP contribution in [0.1, 0.15) is 20.3 Å². The van der Waals surface area contributed by atoms with Crippen molar-refractivity contribution in [2.45, 2.75) is 44.5 Å². The average molecular weight is 285 g/mol. The Morgan fingerprint density at radius 3 is 2.15 bits per heavy atom. The Bertz CT molecular complexity index is 391. The molecular weight excluding hydrogens is 262 g/mol. The van der Waals surface area contributed by atoms with E-state index in [4.69, 9.17) is 5.11 Å². The van der Waals surface area contributed by atoms with Crippen LogP contribution in [0.3, 0.4) is 0 Å². The van der Waals surface area contributed by atoms with Crippen molar-refractivity contribution in [3.8, 4) is 0 Å². The molecule has 2 N–H and O–H groups in total. The zero-order valence-corrected chi connectivity index (χ0v) is 12.2. The van der Waals surface area contributed by atoms with Crippen molar-refractivity contribution in [1.82, 2.24) is 14.7 Å². The number of nitrogens with zero attached hydrogens (tertiary/aromatic N) is 3. The topological polar surface area (TPSA) is 84.3 Å². The van der Waals surface area contributed by atoms with E-state index in [9.17, 15) is 14.7 Å². The van der Waals surface area contributed by atoms with Gasteiger partial charge in [0.05, 0.1) is 6.10 Å². The first-order valence-electron chi connectivity index (χ1n) is 6.99. The van der Waals surface area contributed by atoms with Gasteiger partial charge in [0.1, 0.15) is 6.04 Å². The third kappa shape index (κ3) is 2.73. The molecule has 2 aliphatic heterocycles. The summed E-state index contributed by atoms with van der Waals surface area (Å²) in [6.07, 6.45) is -0.637. The lowest BCUT2D eigenvalue weighted by atomic mass is 10.1. The Hall–Kier alpha value is -1.34. The van der Waals surface area contributed by atoms with Crippen molar-refractivity contribution in [3.05, 3.63) is 0 Å². The molecule has 2 aliphatic rings. The number of β-amino-alcohol motifs (C(OH)–C–C–N with tert-alkyl or cyclic N) is 1. The first-order valence-corrected chi connectivity index (χ1v) is 6.99. The number of aliphatic hydroxyl groups excluding tert-OH is 1. The van der Waals surface area contributed by atoms with Crippen LogP contribution in [0.2, 0.25) is 0 Å². The number of piperazine rings is 1. The number of urea groups is 1. The van der Waals surface area contributed by atoms with E-state index in [1.54, 1.807) is 4.90 Å². The maximum absolute atomic E-state index is 12.5. The van der Waals surface area contributed by atoms with Gasteiger partial charge in [-0.3, -0.25) is 4.90 Å². The van der Waals surface area contributed by atoms with E-state index in [1.807, 2.05) is 20.9 Å². The standard InChI is InChI=1S/C13H23N3O4/c1-8-5-15(6-9(2)14(8)3)13(20)16-7-10(17)4-11(16)12(18)19/h8-11,17H,4-7H2,1-3H3,(H,18,19)/t8?,9?,10-,11-/m1/s1. The van der Waals surface area contributed by atoms with Crippen molar-refractivity contribution in [2.24, 2.45) is 0 Å². The molecule has 0 bridgehead atoms. The molecule has 7 heteroatoms. The van der Waals surface area contributed by atoms with Gasteiger partial charge in [0.2, 0.25) is 0 Å². The molecule has 0 aromatic rings. The SMILES string of the molecule is CC1CN(C(=O)N2C[C@H](O)C[C@@H]2C(=O)O)CC(C)N1C. The molecule has 0 spiro atoms. The molecule has 7 nitrogen and oxygen atoms in total. The van der Waals surface area contributed by atoms with Gasteiger partial charge in [0.15, 0.2) is 0 Å². The second-order valence-corrected chi connectivity index (χ2v) is 5.95. The summed E-state index contributed by atoms with van der Waals surface area (Å²) in [5.74, 6) is -1.05. The van der Waals surface area contributed by atoms with E-state index in [2.05, 4.69) is 4.90 Å². The molecule has 4 atom stereocenters. The van der Waals surface area contributed by atoms with Gasteiger partial charge in [0, 0.05) is 38.1 Å². The summed E-state index contributed by atoms with van der Waals surface area (Å²) in [7, 11) is 2.02. The molecule has 2 amide bonds. The quantitative estimate of drug-likeness (QED) is 0.688. The fraction of sp³-hybridized carbons (Fsp3) is 0.846. The molecular formula is C13H23N3O4. The normalized spacial score (nSPS) is 35.4. The van der Waals surface area contributed by atoms with Crippen LogP contribution >= 0.6 is 0 Å². The lowest BCUT2D eigenvalue weighted by Crippen LogP contribution is -2.59. The number of hydrogen-bond acceptors (Lipinski definition) is 4. The molecule has 2 fully saturated rings. The molecule has 20 heavy (non-hydrogen) atoms. The van der Waals surface area contributed by atoms with Gasteiger partial charge in [-0.1, -0.05) is 0 Å².